The zero-order valence-corrected chi connectivity index (χ0v) is 12.8. The first-order chi connectivity index (χ1) is 10.6. The molecule has 5 heteroatoms. The van der Waals surface area contributed by atoms with Crippen molar-refractivity contribution >= 4 is 0 Å². The van der Waals surface area contributed by atoms with E-state index in [1.54, 1.807) is 0 Å². The van der Waals surface area contributed by atoms with Gasteiger partial charge in [0.15, 0.2) is 5.75 Å². The van der Waals surface area contributed by atoms with E-state index in [0.717, 1.165) is 17.8 Å². The summed E-state index contributed by atoms with van der Waals surface area (Å²) in [5.74, 6) is -0.245. The molecule has 0 bridgehead atoms. The maximum Gasteiger partial charge on any atom is 0.223 e. The number of hydrogen-bond acceptors (Lipinski definition) is 4. The lowest BCUT2D eigenvalue weighted by Crippen LogP contribution is -2.28. The van der Waals surface area contributed by atoms with Gasteiger partial charge in [-0.05, 0) is 12.1 Å². The molecule has 0 amide bonds. The second kappa shape index (κ2) is 7.77. The summed E-state index contributed by atoms with van der Waals surface area (Å²) >= 11 is 0. The fourth-order valence-electron chi connectivity index (χ4n) is 2.39. The number of rotatable bonds is 7. The van der Waals surface area contributed by atoms with Gasteiger partial charge in [-0.2, -0.15) is 0 Å². The summed E-state index contributed by atoms with van der Waals surface area (Å²) < 4.78 is 1.88. The first kappa shape index (κ1) is 16.3. The highest BCUT2D eigenvalue weighted by molar-refractivity contribution is 5.23. The van der Waals surface area contributed by atoms with Gasteiger partial charge >= 0.3 is 0 Å². The van der Waals surface area contributed by atoms with Crippen LogP contribution in [0.2, 0.25) is 0 Å². The van der Waals surface area contributed by atoms with E-state index in [4.69, 9.17) is 5.11 Å². The van der Waals surface area contributed by atoms with Crippen molar-refractivity contribution in [2.24, 2.45) is 0 Å². The second-order valence-electron chi connectivity index (χ2n) is 5.22. The molecule has 0 spiro atoms. The summed E-state index contributed by atoms with van der Waals surface area (Å²) in [4.78, 5) is 13.8. The summed E-state index contributed by atoms with van der Waals surface area (Å²) in [6, 6.07) is 11.4. The molecule has 2 aromatic rings. The van der Waals surface area contributed by atoms with Gasteiger partial charge in [0.05, 0.1) is 12.8 Å². The third kappa shape index (κ3) is 4.19. The van der Waals surface area contributed by atoms with E-state index in [1.807, 2.05) is 46.7 Å². The Morgan fingerprint density at radius 1 is 1.23 bits per heavy atom. The standard InChI is InChI=1S/C17H22N2O3/c1-2-18(8-9-20)12-15-10-16(21)17(22)13-19(15)11-14-6-4-3-5-7-14/h3-7,10,13,20,22H,2,8-9,11-12H2,1H3. The van der Waals surface area contributed by atoms with Gasteiger partial charge in [-0.3, -0.25) is 9.69 Å². The molecule has 0 aliphatic carbocycles. The Morgan fingerprint density at radius 2 is 1.95 bits per heavy atom. The molecule has 0 fully saturated rings. The number of nitrogens with zero attached hydrogens (tertiary/aromatic N) is 2. The molecular formula is C17H22N2O3. The molecule has 22 heavy (non-hydrogen) atoms. The minimum Gasteiger partial charge on any atom is -0.503 e. The van der Waals surface area contributed by atoms with Crippen molar-refractivity contribution in [2.75, 3.05) is 19.7 Å². The van der Waals surface area contributed by atoms with Crippen LogP contribution in [0.1, 0.15) is 18.2 Å². The van der Waals surface area contributed by atoms with Gasteiger partial charge in [-0.1, -0.05) is 37.3 Å². The number of aromatic hydroxyl groups is 1. The zero-order valence-electron chi connectivity index (χ0n) is 12.8. The lowest BCUT2D eigenvalue weighted by atomic mass is 10.2. The summed E-state index contributed by atoms with van der Waals surface area (Å²) in [5, 5.41) is 18.8. The highest BCUT2D eigenvalue weighted by Gasteiger charge is 2.10. The van der Waals surface area contributed by atoms with Gasteiger partial charge in [0.1, 0.15) is 0 Å². The van der Waals surface area contributed by atoms with Crippen LogP contribution in [0.25, 0.3) is 0 Å². The number of pyridine rings is 1. The van der Waals surface area contributed by atoms with E-state index in [2.05, 4.69) is 0 Å². The zero-order chi connectivity index (χ0) is 15.9. The van der Waals surface area contributed by atoms with Crippen LogP contribution < -0.4 is 5.43 Å². The maximum absolute atomic E-state index is 11.7. The first-order valence-corrected chi connectivity index (χ1v) is 7.43. The summed E-state index contributed by atoms with van der Waals surface area (Å²) in [6.45, 7) is 4.56. The average molecular weight is 302 g/mol. The summed E-state index contributed by atoms with van der Waals surface area (Å²) in [6.07, 6.45) is 1.48. The van der Waals surface area contributed by atoms with Crippen LogP contribution in [0.3, 0.4) is 0 Å². The molecule has 0 aliphatic heterocycles. The van der Waals surface area contributed by atoms with Gasteiger partial charge < -0.3 is 14.8 Å². The molecule has 1 heterocycles. The van der Waals surface area contributed by atoms with E-state index in [-0.39, 0.29) is 17.8 Å². The molecule has 118 valence electrons. The smallest absolute Gasteiger partial charge is 0.223 e. The Kier molecular flexibility index (Phi) is 5.75. The van der Waals surface area contributed by atoms with Crippen molar-refractivity contribution in [3.8, 4) is 5.75 Å². The Morgan fingerprint density at radius 3 is 2.59 bits per heavy atom. The van der Waals surface area contributed by atoms with Crippen LogP contribution in [0.5, 0.6) is 5.75 Å². The Hall–Kier alpha value is -2.11. The van der Waals surface area contributed by atoms with Crippen molar-refractivity contribution in [2.45, 2.75) is 20.0 Å². The molecular weight excluding hydrogens is 280 g/mol. The maximum atomic E-state index is 11.7. The van der Waals surface area contributed by atoms with Crippen LogP contribution >= 0.6 is 0 Å². The predicted molar refractivity (Wildman–Crippen MR) is 85.9 cm³/mol. The van der Waals surface area contributed by atoms with Crippen LogP contribution in [-0.4, -0.2) is 39.4 Å². The second-order valence-corrected chi connectivity index (χ2v) is 5.22. The fraction of sp³-hybridized carbons (Fsp3) is 0.353. The SMILES string of the molecule is CCN(CCO)Cc1cc(=O)c(O)cn1Cc1ccccc1. The first-order valence-electron chi connectivity index (χ1n) is 7.43. The minimum atomic E-state index is -0.376. The molecule has 5 nitrogen and oxygen atoms in total. The Bertz CT molecular complexity index is 653. The van der Waals surface area contributed by atoms with E-state index < -0.39 is 0 Å². The Labute approximate surface area is 130 Å². The van der Waals surface area contributed by atoms with E-state index in [0.29, 0.717) is 19.6 Å². The van der Waals surface area contributed by atoms with Crippen LogP contribution in [0, 0.1) is 0 Å². The number of likely N-dealkylation sites (N-methyl/N-ethyl adjacent to an activating group) is 1. The van der Waals surface area contributed by atoms with E-state index >= 15 is 0 Å². The number of aromatic nitrogens is 1. The highest BCUT2D eigenvalue weighted by atomic mass is 16.3. The largest absolute Gasteiger partial charge is 0.503 e. The summed E-state index contributed by atoms with van der Waals surface area (Å²) in [7, 11) is 0. The summed E-state index contributed by atoms with van der Waals surface area (Å²) in [5.41, 5.74) is 1.54. The molecule has 1 aromatic heterocycles. The van der Waals surface area contributed by atoms with Crippen LogP contribution in [-0.2, 0) is 13.1 Å². The van der Waals surface area contributed by atoms with Crippen molar-refractivity contribution in [1.29, 1.82) is 0 Å². The molecule has 0 radical (unpaired) electrons. The van der Waals surface area contributed by atoms with Gasteiger partial charge in [-0.25, -0.2) is 0 Å². The number of benzene rings is 1. The molecule has 2 N–H and O–H groups in total. The Balaban J connectivity index is 2.30. The molecule has 2 rings (SSSR count). The van der Waals surface area contributed by atoms with Crippen LogP contribution in [0.4, 0.5) is 0 Å². The highest BCUT2D eigenvalue weighted by Crippen LogP contribution is 2.11. The van der Waals surface area contributed by atoms with Gasteiger partial charge in [0.25, 0.3) is 0 Å². The molecule has 1 aromatic carbocycles. The van der Waals surface area contributed by atoms with E-state index in [9.17, 15) is 9.90 Å². The normalized spacial score (nSPS) is 11.0. The lowest BCUT2D eigenvalue weighted by Gasteiger charge is -2.22. The molecule has 0 unspecified atom stereocenters. The number of aliphatic hydroxyl groups is 1. The quantitative estimate of drug-likeness (QED) is 0.812. The molecule has 0 saturated carbocycles. The molecule has 0 aliphatic rings. The predicted octanol–water partition coefficient (Wildman–Crippen LogP) is 1.42. The number of aliphatic hydroxyl groups excluding tert-OH is 1. The fourth-order valence-corrected chi connectivity index (χ4v) is 2.39. The molecule has 0 atom stereocenters. The van der Waals surface area contributed by atoms with Crippen molar-refractivity contribution in [3.05, 3.63) is 64.1 Å². The molecule has 0 saturated heterocycles. The van der Waals surface area contributed by atoms with Crippen molar-refractivity contribution < 1.29 is 10.2 Å². The van der Waals surface area contributed by atoms with Gasteiger partial charge in [-0.15, -0.1) is 0 Å². The number of hydrogen-bond donors (Lipinski definition) is 2. The van der Waals surface area contributed by atoms with Gasteiger partial charge in [0.2, 0.25) is 5.43 Å². The average Bonchev–Trinajstić information content (AvgIpc) is 2.52. The van der Waals surface area contributed by atoms with Crippen molar-refractivity contribution in [1.82, 2.24) is 9.47 Å². The third-order valence-corrected chi connectivity index (χ3v) is 3.64. The van der Waals surface area contributed by atoms with Crippen LogP contribution in [0.15, 0.2) is 47.4 Å². The topological polar surface area (TPSA) is 65.7 Å². The third-order valence-electron chi connectivity index (χ3n) is 3.64. The van der Waals surface area contributed by atoms with Crippen molar-refractivity contribution in [3.63, 3.8) is 0 Å². The lowest BCUT2D eigenvalue weighted by molar-refractivity contribution is 0.193. The van der Waals surface area contributed by atoms with E-state index in [1.165, 1.54) is 12.3 Å². The van der Waals surface area contributed by atoms with Gasteiger partial charge in [0, 0.05) is 31.4 Å². The minimum absolute atomic E-state index is 0.0782. The monoisotopic (exact) mass is 302 g/mol.